The highest BCUT2D eigenvalue weighted by molar-refractivity contribution is 5.42. The van der Waals surface area contributed by atoms with E-state index in [9.17, 15) is 5.11 Å². The molecule has 1 fully saturated rings. The average Bonchev–Trinajstić information content (AvgIpc) is 3.25. The monoisotopic (exact) mass is 288 g/mol. The molecule has 1 aliphatic carbocycles. The zero-order valence-electron chi connectivity index (χ0n) is 12.6. The molecule has 1 saturated carbocycles. The topological polar surface area (TPSA) is 65.3 Å². The van der Waals surface area contributed by atoms with Crippen LogP contribution < -0.4 is 10.1 Å². The van der Waals surface area contributed by atoms with Crippen LogP contribution in [0.3, 0.4) is 0 Å². The van der Waals surface area contributed by atoms with Crippen LogP contribution in [0.25, 0.3) is 0 Å². The van der Waals surface area contributed by atoms with Crippen LogP contribution in [0.5, 0.6) is 5.75 Å². The minimum atomic E-state index is -0.561. The molecule has 0 heterocycles. The van der Waals surface area contributed by atoms with E-state index in [2.05, 4.69) is 18.3 Å². The first-order valence-corrected chi connectivity index (χ1v) is 7.70. The van der Waals surface area contributed by atoms with E-state index in [4.69, 9.17) is 10.00 Å². The minimum absolute atomic E-state index is 0.201. The van der Waals surface area contributed by atoms with Crippen LogP contribution in [0, 0.1) is 16.7 Å². The maximum Gasteiger partial charge on any atom is 0.137 e. The number of nitrogens with one attached hydrogen (secondary N) is 1. The molecular weight excluding hydrogens is 264 g/mol. The fourth-order valence-electron chi connectivity index (χ4n) is 2.66. The quantitative estimate of drug-likeness (QED) is 0.732. The largest absolute Gasteiger partial charge is 0.489 e. The van der Waals surface area contributed by atoms with Crippen molar-refractivity contribution in [2.45, 2.75) is 38.7 Å². The van der Waals surface area contributed by atoms with E-state index in [0.717, 1.165) is 6.54 Å². The van der Waals surface area contributed by atoms with Crippen LogP contribution in [-0.2, 0) is 0 Å². The van der Waals surface area contributed by atoms with Crippen LogP contribution in [0.1, 0.15) is 38.2 Å². The van der Waals surface area contributed by atoms with Crippen molar-refractivity contribution in [2.24, 2.45) is 5.41 Å². The molecule has 1 aliphatic rings. The van der Waals surface area contributed by atoms with Crippen molar-refractivity contribution in [3.05, 3.63) is 29.8 Å². The van der Waals surface area contributed by atoms with Gasteiger partial charge in [0.2, 0.25) is 0 Å². The molecule has 2 rings (SSSR count). The Kier molecular flexibility index (Phi) is 5.60. The molecule has 1 atom stereocenters. The Morgan fingerprint density at radius 1 is 1.43 bits per heavy atom. The average molecular weight is 288 g/mol. The summed E-state index contributed by atoms with van der Waals surface area (Å²) in [5, 5.41) is 22.3. The lowest BCUT2D eigenvalue weighted by molar-refractivity contribution is 0.105. The van der Waals surface area contributed by atoms with Crippen molar-refractivity contribution >= 4 is 0 Å². The number of para-hydroxylation sites is 1. The molecular formula is C17H24N2O2. The lowest BCUT2D eigenvalue weighted by atomic mass is 10.0. The van der Waals surface area contributed by atoms with Crippen molar-refractivity contribution in [1.82, 2.24) is 5.32 Å². The summed E-state index contributed by atoms with van der Waals surface area (Å²) in [5.74, 6) is 0.531. The fourth-order valence-corrected chi connectivity index (χ4v) is 2.66. The van der Waals surface area contributed by atoms with E-state index in [-0.39, 0.29) is 6.61 Å². The van der Waals surface area contributed by atoms with Gasteiger partial charge in [0.15, 0.2) is 0 Å². The van der Waals surface area contributed by atoms with Crippen molar-refractivity contribution in [3.63, 3.8) is 0 Å². The SMILES string of the molecule is CCCC1(CNCC(O)COc2ccccc2C#N)CC1. The van der Waals surface area contributed by atoms with Gasteiger partial charge in [-0.25, -0.2) is 0 Å². The third kappa shape index (κ3) is 4.73. The van der Waals surface area contributed by atoms with Gasteiger partial charge in [0, 0.05) is 13.1 Å². The first-order valence-electron chi connectivity index (χ1n) is 7.70. The molecule has 1 unspecified atom stereocenters. The molecule has 0 bridgehead atoms. The molecule has 0 radical (unpaired) electrons. The highest BCUT2D eigenvalue weighted by Gasteiger charge is 2.40. The number of aliphatic hydroxyl groups excluding tert-OH is 1. The zero-order valence-corrected chi connectivity index (χ0v) is 12.6. The molecule has 0 spiro atoms. The Hall–Kier alpha value is -1.57. The highest BCUT2D eigenvalue weighted by atomic mass is 16.5. The van der Waals surface area contributed by atoms with Gasteiger partial charge in [0.05, 0.1) is 5.56 Å². The van der Waals surface area contributed by atoms with E-state index in [1.54, 1.807) is 18.2 Å². The van der Waals surface area contributed by atoms with Gasteiger partial charge < -0.3 is 15.2 Å². The Balaban J connectivity index is 1.68. The number of hydrogen-bond donors (Lipinski definition) is 2. The molecule has 0 aliphatic heterocycles. The number of nitrogens with zero attached hydrogens (tertiary/aromatic N) is 1. The summed E-state index contributed by atoms with van der Waals surface area (Å²) in [7, 11) is 0. The van der Waals surface area contributed by atoms with Gasteiger partial charge in [0.1, 0.15) is 24.5 Å². The Bertz CT molecular complexity index is 492. The van der Waals surface area contributed by atoms with Gasteiger partial charge in [-0.3, -0.25) is 0 Å². The third-order valence-corrected chi connectivity index (χ3v) is 4.06. The Morgan fingerprint density at radius 2 is 2.19 bits per heavy atom. The van der Waals surface area contributed by atoms with Crippen LogP contribution >= 0.6 is 0 Å². The molecule has 4 heteroatoms. The lowest BCUT2D eigenvalue weighted by Crippen LogP contribution is -2.34. The number of ether oxygens (including phenoxy) is 1. The molecule has 4 nitrogen and oxygen atoms in total. The van der Waals surface area contributed by atoms with Crippen LogP contribution in [-0.4, -0.2) is 30.9 Å². The van der Waals surface area contributed by atoms with E-state index in [1.807, 2.05) is 6.07 Å². The Morgan fingerprint density at radius 3 is 2.86 bits per heavy atom. The predicted octanol–water partition coefficient (Wildman–Crippen LogP) is 2.47. The van der Waals surface area contributed by atoms with Gasteiger partial charge in [-0.15, -0.1) is 0 Å². The van der Waals surface area contributed by atoms with Crippen LogP contribution in [0.4, 0.5) is 0 Å². The second kappa shape index (κ2) is 7.44. The van der Waals surface area contributed by atoms with Crippen molar-refractivity contribution in [1.29, 1.82) is 5.26 Å². The number of rotatable bonds is 9. The zero-order chi connectivity index (χ0) is 15.1. The molecule has 0 saturated heterocycles. The maximum absolute atomic E-state index is 9.95. The molecule has 0 amide bonds. The number of aliphatic hydroxyl groups is 1. The number of benzene rings is 1. The fraction of sp³-hybridized carbons (Fsp3) is 0.588. The second-order valence-corrected chi connectivity index (χ2v) is 5.95. The Labute approximate surface area is 126 Å². The summed E-state index contributed by atoms with van der Waals surface area (Å²) in [6.07, 6.45) is 4.53. The molecule has 114 valence electrons. The lowest BCUT2D eigenvalue weighted by Gasteiger charge is -2.18. The third-order valence-electron chi connectivity index (χ3n) is 4.06. The predicted molar refractivity (Wildman–Crippen MR) is 82.1 cm³/mol. The summed E-state index contributed by atoms with van der Waals surface area (Å²) < 4.78 is 5.52. The molecule has 0 aromatic heterocycles. The van der Waals surface area contributed by atoms with Gasteiger partial charge in [-0.05, 0) is 36.8 Å². The smallest absolute Gasteiger partial charge is 0.137 e. The molecule has 1 aromatic carbocycles. The molecule has 21 heavy (non-hydrogen) atoms. The van der Waals surface area contributed by atoms with E-state index in [1.165, 1.54) is 25.7 Å². The molecule has 2 N–H and O–H groups in total. The van der Waals surface area contributed by atoms with Crippen molar-refractivity contribution < 1.29 is 9.84 Å². The summed E-state index contributed by atoms with van der Waals surface area (Å²) in [4.78, 5) is 0. The second-order valence-electron chi connectivity index (χ2n) is 5.95. The summed E-state index contributed by atoms with van der Waals surface area (Å²) >= 11 is 0. The van der Waals surface area contributed by atoms with Crippen molar-refractivity contribution in [2.75, 3.05) is 19.7 Å². The van der Waals surface area contributed by atoms with Crippen molar-refractivity contribution in [3.8, 4) is 11.8 Å². The standard InChI is InChI=1S/C17H24N2O2/c1-2-7-17(8-9-17)13-19-11-15(20)12-21-16-6-4-3-5-14(16)10-18/h3-6,15,19-20H,2,7-9,11-13H2,1H3. The summed E-state index contributed by atoms with van der Waals surface area (Å²) in [6, 6.07) is 9.16. The van der Waals surface area contributed by atoms with E-state index < -0.39 is 6.10 Å². The maximum atomic E-state index is 9.95. The molecule has 1 aromatic rings. The normalized spacial score (nSPS) is 17.0. The van der Waals surface area contributed by atoms with Crippen LogP contribution in [0.15, 0.2) is 24.3 Å². The van der Waals surface area contributed by atoms with Gasteiger partial charge >= 0.3 is 0 Å². The van der Waals surface area contributed by atoms with E-state index >= 15 is 0 Å². The van der Waals surface area contributed by atoms with Crippen LogP contribution in [0.2, 0.25) is 0 Å². The first kappa shape index (κ1) is 15.8. The van der Waals surface area contributed by atoms with Gasteiger partial charge in [-0.2, -0.15) is 5.26 Å². The minimum Gasteiger partial charge on any atom is -0.489 e. The van der Waals surface area contributed by atoms with E-state index in [0.29, 0.717) is 23.3 Å². The number of nitriles is 1. The summed E-state index contributed by atoms with van der Waals surface area (Å²) in [5.41, 5.74) is 0.987. The number of hydrogen-bond acceptors (Lipinski definition) is 4. The summed E-state index contributed by atoms with van der Waals surface area (Å²) in [6.45, 7) is 3.93. The van der Waals surface area contributed by atoms with Gasteiger partial charge in [0.25, 0.3) is 0 Å². The first-order chi connectivity index (χ1) is 10.2. The highest BCUT2D eigenvalue weighted by Crippen LogP contribution is 2.48. The van der Waals surface area contributed by atoms with Gasteiger partial charge in [-0.1, -0.05) is 25.5 Å².